The van der Waals surface area contributed by atoms with E-state index in [2.05, 4.69) is 15.3 Å². The predicted molar refractivity (Wildman–Crippen MR) is 93.4 cm³/mol. The lowest BCUT2D eigenvalue weighted by molar-refractivity contribution is -0.0498. The number of hydrogen-bond donors (Lipinski definition) is 1. The maximum atomic E-state index is 12.1. The highest BCUT2D eigenvalue weighted by Crippen LogP contribution is 2.16. The van der Waals surface area contributed by atoms with Gasteiger partial charge < -0.3 is 4.74 Å². The lowest BCUT2D eigenvalue weighted by Crippen LogP contribution is -2.19. The largest absolute Gasteiger partial charge is 0.435 e. The van der Waals surface area contributed by atoms with Gasteiger partial charge >= 0.3 is 6.61 Å². The molecular weight excluding hydrogens is 350 g/mol. The SMILES string of the molecule is C/C(CCc1ccc(OC(F)F)cc1)=N/NC(=O)c1cccc(Cl)c1. The maximum Gasteiger partial charge on any atom is 0.387 e. The van der Waals surface area contributed by atoms with Gasteiger partial charge in [-0.05, 0) is 55.7 Å². The monoisotopic (exact) mass is 366 g/mol. The van der Waals surface area contributed by atoms with Crippen LogP contribution in [0.4, 0.5) is 8.78 Å². The molecule has 0 spiro atoms. The van der Waals surface area contributed by atoms with Gasteiger partial charge in [-0.2, -0.15) is 13.9 Å². The summed E-state index contributed by atoms with van der Waals surface area (Å²) in [6.07, 6.45) is 1.28. The Hall–Kier alpha value is -2.47. The van der Waals surface area contributed by atoms with Crippen molar-refractivity contribution >= 4 is 23.2 Å². The van der Waals surface area contributed by atoms with Crippen LogP contribution >= 0.6 is 11.6 Å². The molecule has 7 heteroatoms. The van der Waals surface area contributed by atoms with Gasteiger partial charge in [-0.3, -0.25) is 4.79 Å². The lowest BCUT2D eigenvalue weighted by Gasteiger charge is -2.06. The van der Waals surface area contributed by atoms with Crippen LogP contribution in [0.1, 0.15) is 29.3 Å². The summed E-state index contributed by atoms with van der Waals surface area (Å²) in [5.74, 6) is -0.215. The molecule has 25 heavy (non-hydrogen) atoms. The third-order valence-electron chi connectivity index (χ3n) is 3.36. The Morgan fingerprint density at radius 2 is 1.96 bits per heavy atom. The summed E-state index contributed by atoms with van der Waals surface area (Å²) in [5, 5.41) is 4.53. The Morgan fingerprint density at radius 1 is 1.24 bits per heavy atom. The van der Waals surface area contributed by atoms with E-state index in [9.17, 15) is 13.6 Å². The molecule has 2 aromatic carbocycles. The molecule has 0 aromatic heterocycles. The molecule has 0 radical (unpaired) electrons. The first-order chi connectivity index (χ1) is 11.9. The lowest BCUT2D eigenvalue weighted by atomic mass is 10.1. The second-order valence-electron chi connectivity index (χ2n) is 5.32. The summed E-state index contributed by atoms with van der Waals surface area (Å²) < 4.78 is 28.5. The minimum Gasteiger partial charge on any atom is -0.435 e. The first-order valence-electron chi connectivity index (χ1n) is 7.57. The third-order valence-corrected chi connectivity index (χ3v) is 3.59. The normalized spacial score (nSPS) is 11.5. The van der Waals surface area contributed by atoms with E-state index in [1.54, 1.807) is 43.3 Å². The second kappa shape index (κ2) is 9.13. The minimum absolute atomic E-state index is 0.123. The van der Waals surface area contributed by atoms with Crippen molar-refractivity contribution in [2.24, 2.45) is 5.10 Å². The first kappa shape index (κ1) is 18.9. The van der Waals surface area contributed by atoms with Gasteiger partial charge in [-0.15, -0.1) is 0 Å². The number of nitrogens with zero attached hydrogens (tertiary/aromatic N) is 1. The second-order valence-corrected chi connectivity index (χ2v) is 5.76. The first-order valence-corrected chi connectivity index (χ1v) is 7.94. The number of hydrogen-bond acceptors (Lipinski definition) is 3. The van der Waals surface area contributed by atoms with Crippen molar-refractivity contribution in [1.29, 1.82) is 0 Å². The van der Waals surface area contributed by atoms with E-state index in [0.29, 0.717) is 23.4 Å². The number of amides is 1. The summed E-state index contributed by atoms with van der Waals surface area (Å²) in [7, 11) is 0. The number of carbonyl (C=O) groups excluding carboxylic acids is 1. The van der Waals surface area contributed by atoms with Gasteiger partial charge in [0.25, 0.3) is 5.91 Å². The molecule has 132 valence electrons. The molecule has 0 saturated heterocycles. The summed E-state index contributed by atoms with van der Waals surface area (Å²) in [5.41, 5.74) is 4.60. The molecule has 0 aliphatic carbocycles. The number of rotatable bonds is 7. The fraction of sp³-hybridized carbons (Fsp3) is 0.222. The summed E-state index contributed by atoms with van der Waals surface area (Å²) in [6, 6.07) is 13.0. The molecule has 0 saturated carbocycles. The molecule has 0 aliphatic rings. The van der Waals surface area contributed by atoms with Crippen molar-refractivity contribution < 1.29 is 18.3 Å². The number of aryl methyl sites for hydroxylation is 1. The van der Waals surface area contributed by atoms with Crippen LogP contribution in [0.2, 0.25) is 5.02 Å². The molecule has 0 fully saturated rings. The van der Waals surface area contributed by atoms with Crippen LogP contribution in [0.5, 0.6) is 5.75 Å². The van der Waals surface area contributed by atoms with Gasteiger partial charge in [-0.1, -0.05) is 29.8 Å². The van der Waals surface area contributed by atoms with E-state index < -0.39 is 6.61 Å². The van der Waals surface area contributed by atoms with Crippen LogP contribution in [0, 0.1) is 0 Å². The van der Waals surface area contributed by atoms with Crippen LogP contribution in [-0.2, 0) is 6.42 Å². The average Bonchev–Trinajstić information content (AvgIpc) is 2.58. The minimum atomic E-state index is -2.83. The molecule has 1 N–H and O–H groups in total. The van der Waals surface area contributed by atoms with E-state index in [1.165, 1.54) is 12.1 Å². The van der Waals surface area contributed by atoms with Crippen molar-refractivity contribution in [1.82, 2.24) is 5.43 Å². The highest BCUT2D eigenvalue weighted by Gasteiger charge is 2.06. The molecule has 2 aromatic rings. The standard InChI is InChI=1S/C18H17ClF2N2O2/c1-12(22-23-17(24)14-3-2-4-15(19)11-14)5-6-13-7-9-16(10-8-13)25-18(20)21/h2-4,7-11,18H,5-6H2,1H3,(H,23,24)/b22-12-. The molecule has 1 amide bonds. The smallest absolute Gasteiger partial charge is 0.387 e. The summed E-state index contributed by atoms with van der Waals surface area (Å²) in [6.45, 7) is -1.03. The number of benzene rings is 2. The molecule has 4 nitrogen and oxygen atoms in total. The zero-order chi connectivity index (χ0) is 18.2. The van der Waals surface area contributed by atoms with Gasteiger partial charge in [0, 0.05) is 16.3 Å². The van der Waals surface area contributed by atoms with Gasteiger partial charge in [0.1, 0.15) is 5.75 Å². The highest BCUT2D eigenvalue weighted by atomic mass is 35.5. The van der Waals surface area contributed by atoms with Crippen molar-refractivity contribution in [2.45, 2.75) is 26.4 Å². The molecular formula is C18H17ClF2N2O2. The quantitative estimate of drug-likeness (QED) is 0.571. The number of alkyl halides is 2. The van der Waals surface area contributed by atoms with Gasteiger partial charge in [0.15, 0.2) is 0 Å². The van der Waals surface area contributed by atoms with E-state index in [-0.39, 0.29) is 11.7 Å². The fourth-order valence-electron chi connectivity index (χ4n) is 2.06. The van der Waals surface area contributed by atoms with Gasteiger partial charge in [0.2, 0.25) is 0 Å². The zero-order valence-corrected chi connectivity index (χ0v) is 14.3. The molecule has 0 bridgehead atoms. The molecule has 0 unspecified atom stereocenters. The molecule has 0 aliphatic heterocycles. The number of carbonyl (C=O) groups is 1. The van der Waals surface area contributed by atoms with E-state index in [1.807, 2.05) is 0 Å². The maximum absolute atomic E-state index is 12.1. The summed E-state index contributed by atoms with van der Waals surface area (Å²) >= 11 is 5.84. The summed E-state index contributed by atoms with van der Waals surface area (Å²) in [4.78, 5) is 11.9. The van der Waals surface area contributed by atoms with Crippen LogP contribution in [-0.4, -0.2) is 18.2 Å². The van der Waals surface area contributed by atoms with E-state index in [0.717, 1.165) is 11.3 Å². The van der Waals surface area contributed by atoms with Crippen molar-refractivity contribution in [3.05, 3.63) is 64.7 Å². The van der Waals surface area contributed by atoms with Crippen LogP contribution in [0.25, 0.3) is 0 Å². The van der Waals surface area contributed by atoms with Crippen LogP contribution in [0.15, 0.2) is 53.6 Å². The topological polar surface area (TPSA) is 50.7 Å². The Labute approximate surface area is 149 Å². The molecule has 0 heterocycles. The Kier molecular flexibility index (Phi) is 6.89. The molecule has 0 atom stereocenters. The third kappa shape index (κ3) is 6.51. The van der Waals surface area contributed by atoms with E-state index >= 15 is 0 Å². The number of nitrogens with one attached hydrogen (secondary N) is 1. The van der Waals surface area contributed by atoms with Crippen molar-refractivity contribution in [3.63, 3.8) is 0 Å². The average molecular weight is 367 g/mol. The Morgan fingerprint density at radius 3 is 2.60 bits per heavy atom. The fourth-order valence-corrected chi connectivity index (χ4v) is 2.25. The number of ether oxygens (including phenoxy) is 1. The predicted octanol–water partition coefficient (Wildman–Crippen LogP) is 4.68. The van der Waals surface area contributed by atoms with Crippen molar-refractivity contribution in [2.75, 3.05) is 0 Å². The van der Waals surface area contributed by atoms with E-state index in [4.69, 9.17) is 11.6 Å². The number of halogens is 3. The van der Waals surface area contributed by atoms with Gasteiger partial charge in [0.05, 0.1) is 0 Å². The molecule has 2 rings (SSSR count). The zero-order valence-electron chi connectivity index (χ0n) is 13.5. The van der Waals surface area contributed by atoms with Crippen molar-refractivity contribution in [3.8, 4) is 5.75 Å². The Bertz CT molecular complexity index is 749. The Balaban J connectivity index is 1.84. The van der Waals surface area contributed by atoms with Crippen LogP contribution < -0.4 is 10.2 Å². The van der Waals surface area contributed by atoms with Gasteiger partial charge in [-0.25, -0.2) is 5.43 Å². The number of hydrazone groups is 1. The highest BCUT2D eigenvalue weighted by molar-refractivity contribution is 6.30. The van der Waals surface area contributed by atoms with Crippen LogP contribution in [0.3, 0.4) is 0 Å².